The molecule has 2 fully saturated rings. The van der Waals surface area contributed by atoms with E-state index in [4.69, 9.17) is 4.74 Å². The highest BCUT2D eigenvalue weighted by atomic mass is 32.2. The Morgan fingerprint density at radius 3 is 2.72 bits per heavy atom. The van der Waals surface area contributed by atoms with E-state index in [1.165, 1.54) is 75.5 Å². The minimum atomic E-state index is 0.585. The molecule has 0 bridgehead atoms. The molecule has 0 aromatic heterocycles. The van der Waals surface area contributed by atoms with Gasteiger partial charge in [-0.2, -0.15) is 11.8 Å². The van der Waals surface area contributed by atoms with Crippen LogP contribution >= 0.6 is 11.8 Å². The number of hydrogen-bond donors (Lipinski definition) is 0. The first-order valence-corrected chi connectivity index (χ1v) is 8.77. The summed E-state index contributed by atoms with van der Waals surface area (Å²) in [7, 11) is 0. The zero-order chi connectivity index (χ0) is 12.7. The minimum absolute atomic E-state index is 0.585. The molecular formula is C16H28OS. The van der Waals surface area contributed by atoms with Gasteiger partial charge < -0.3 is 4.74 Å². The zero-order valence-electron chi connectivity index (χ0n) is 11.9. The van der Waals surface area contributed by atoms with E-state index in [-0.39, 0.29) is 0 Å². The van der Waals surface area contributed by atoms with Crippen molar-refractivity contribution in [3.8, 4) is 0 Å². The van der Waals surface area contributed by atoms with Crippen molar-refractivity contribution in [2.75, 3.05) is 12.4 Å². The van der Waals surface area contributed by atoms with Gasteiger partial charge >= 0.3 is 0 Å². The molecule has 0 N–H and O–H groups in total. The van der Waals surface area contributed by atoms with Crippen molar-refractivity contribution in [2.45, 2.75) is 75.9 Å². The van der Waals surface area contributed by atoms with Crippen molar-refractivity contribution < 1.29 is 4.74 Å². The van der Waals surface area contributed by atoms with E-state index >= 15 is 0 Å². The van der Waals surface area contributed by atoms with Crippen LogP contribution in [0.5, 0.6) is 0 Å². The molecule has 1 atom stereocenters. The van der Waals surface area contributed by atoms with Gasteiger partial charge in [0.05, 0.1) is 12.9 Å². The molecule has 0 amide bonds. The predicted molar refractivity (Wildman–Crippen MR) is 81.1 cm³/mol. The summed E-state index contributed by atoms with van der Waals surface area (Å²) < 4.78 is 6.31. The summed E-state index contributed by atoms with van der Waals surface area (Å²) in [5.41, 5.74) is 1.53. The van der Waals surface area contributed by atoms with Crippen LogP contribution in [0, 0.1) is 0 Å². The highest BCUT2D eigenvalue weighted by molar-refractivity contribution is 8.00. The van der Waals surface area contributed by atoms with E-state index in [9.17, 15) is 0 Å². The van der Waals surface area contributed by atoms with Gasteiger partial charge in [0.25, 0.3) is 0 Å². The lowest BCUT2D eigenvalue weighted by Gasteiger charge is -2.36. The van der Waals surface area contributed by atoms with Crippen molar-refractivity contribution >= 4 is 11.8 Å². The molecule has 1 saturated heterocycles. The number of rotatable bonds is 6. The summed E-state index contributed by atoms with van der Waals surface area (Å²) in [4.78, 5) is 0. The van der Waals surface area contributed by atoms with Gasteiger partial charge in [0.1, 0.15) is 0 Å². The predicted octanol–water partition coefficient (Wildman–Crippen LogP) is 5.31. The molecule has 1 saturated carbocycles. The van der Waals surface area contributed by atoms with E-state index < -0.39 is 0 Å². The first-order valence-electron chi connectivity index (χ1n) is 7.78. The fourth-order valence-electron chi connectivity index (χ4n) is 3.16. The van der Waals surface area contributed by atoms with Crippen LogP contribution in [-0.2, 0) is 4.74 Å². The van der Waals surface area contributed by atoms with Gasteiger partial charge in [-0.05, 0) is 69.1 Å². The molecular weight excluding hydrogens is 240 g/mol. The molecule has 0 aromatic rings. The molecule has 0 spiro atoms. The van der Waals surface area contributed by atoms with Gasteiger partial charge in [0.15, 0.2) is 0 Å². The van der Waals surface area contributed by atoms with E-state index in [1.54, 1.807) is 0 Å². The highest BCUT2D eigenvalue weighted by Gasteiger charge is 2.30. The van der Waals surface area contributed by atoms with Crippen LogP contribution in [0.4, 0.5) is 0 Å². The zero-order valence-corrected chi connectivity index (χ0v) is 12.7. The van der Waals surface area contributed by atoms with E-state index in [1.807, 2.05) is 0 Å². The lowest BCUT2D eigenvalue weighted by molar-refractivity contribution is 0.230. The molecule has 2 rings (SSSR count). The standard InChI is InChI=1S/C16H28OS/c1-2-16(10-5-6-13-18-16)11-7-12-17-14-15-8-3-4-9-15/h14H,2-13H2,1H3. The molecule has 1 unspecified atom stereocenters. The molecule has 104 valence electrons. The van der Waals surface area contributed by atoms with Crippen LogP contribution < -0.4 is 0 Å². The van der Waals surface area contributed by atoms with E-state index in [0.29, 0.717) is 4.75 Å². The molecule has 1 heterocycles. The summed E-state index contributed by atoms with van der Waals surface area (Å²) in [6.45, 7) is 3.28. The number of ether oxygens (including phenoxy) is 1. The summed E-state index contributed by atoms with van der Waals surface area (Å²) in [6, 6.07) is 0. The van der Waals surface area contributed by atoms with Crippen molar-refractivity contribution in [1.29, 1.82) is 0 Å². The van der Waals surface area contributed by atoms with Gasteiger partial charge in [-0.25, -0.2) is 0 Å². The molecule has 1 nitrogen and oxygen atoms in total. The van der Waals surface area contributed by atoms with Gasteiger partial charge in [-0.3, -0.25) is 0 Å². The van der Waals surface area contributed by atoms with E-state index in [2.05, 4.69) is 24.9 Å². The fourth-order valence-corrected chi connectivity index (χ4v) is 4.73. The lowest BCUT2D eigenvalue weighted by Crippen LogP contribution is -2.27. The summed E-state index contributed by atoms with van der Waals surface area (Å²) in [5.74, 6) is 1.37. The molecule has 2 heteroatoms. The largest absolute Gasteiger partial charge is 0.501 e. The SMILES string of the molecule is CCC1(CCCOC=C2CCCC2)CCCCS1. The molecule has 0 radical (unpaired) electrons. The maximum absolute atomic E-state index is 5.73. The molecule has 0 aromatic carbocycles. The Labute approximate surface area is 117 Å². The second-order valence-corrected chi connectivity index (χ2v) is 7.36. The molecule has 1 aliphatic heterocycles. The lowest BCUT2D eigenvalue weighted by atomic mass is 9.93. The average Bonchev–Trinajstić information content (AvgIpc) is 2.93. The van der Waals surface area contributed by atoms with Gasteiger partial charge in [0, 0.05) is 4.75 Å². The Bertz CT molecular complexity index is 258. The normalized spacial score (nSPS) is 28.4. The van der Waals surface area contributed by atoms with Crippen molar-refractivity contribution in [3.63, 3.8) is 0 Å². The fraction of sp³-hybridized carbons (Fsp3) is 0.875. The van der Waals surface area contributed by atoms with Crippen LogP contribution in [0.2, 0.25) is 0 Å². The third-order valence-corrected chi connectivity index (χ3v) is 6.27. The second kappa shape index (κ2) is 7.47. The first kappa shape index (κ1) is 14.3. The van der Waals surface area contributed by atoms with Crippen molar-refractivity contribution in [3.05, 3.63) is 11.8 Å². The molecule has 1 aliphatic carbocycles. The van der Waals surface area contributed by atoms with Crippen molar-refractivity contribution in [1.82, 2.24) is 0 Å². The van der Waals surface area contributed by atoms with Gasteiger partial charge in [-0.1, -0.05) is 13.3 Å². The van der Waals surface area contributed by atoms with Gasteiger partial charge in [-0.15, -0.1) is 0 Å². The number of thioether (sulfide) groups is 1. The van der Waals surface area contributed by atoms with Gasteiger partial charge in [0.2, 0.25) is 0 Å². The average molecular weight is 268 g/mol. The monoisotopic (exact) mass is 268 g/mol. The smallest absolute Gasteiger partial charge is 0.0873 e. The van der Waals surface area contributed by atoms with E-state index in [0.717, 1.165) is 6.61 Å². The number of allylic oxidation sites excluding steroid dienone is 1. The molecule has 18 heavy (non-hydrogen) atoms. The minimum Gasteiger partial charge on any atom is -0.501 e. The van der Waals surface area contributed by atoms with Crippen LogP contribution in [0.3, 0.4) is 0 Å². The summed E-state index contributed by atoms with van der Waals surface area (Å²) >= 11 is 2.22. The maximum atomic E-state index is 5.73. The summed E-state index contributed by atoms with van der Waals surface area (Å²) in [6.07, 6.45) is 15.5. The first-order chi connectivity index (χ1) is 8.85. The third-order valence-electron chi connectivity index (χ3n) is 4.47. The molecule has 2 aliphatic rings. The number of hydrogen-bond acceptors (Lipinski definition) is 2. The highest BCUT2D eigenvalue weighted by Crippen LogP contribution is 2.42. The van der Waals surface area contributed by atoms with Crippen LogP contribution in [0.15, 0.2) is 11.8 Å². The second-order valence-electron chi connectivity index (χ2n) is 5.80. The Morgan fingerprint density at radius 1 is 1.22 bits per heavy atom. The quantitative estimate of drug-likeness (QED) is 0.477. The van der Waals surface area contributed by atoms with Crippen LogP contribution in [-0.4, -0.2) is 17.1 Å². The Kier molecular flexibility index (Phi) is 5.94. The van der Waals surface area contributed by atoms with Crippen LogP contribution in [0.1, 0.15) is 71.1 Å². The Morgan fingerprint density at radius 2 is 2.06 bits per heavy atom. The Balaban J connectivity index is 1.62. The topological polar surface area (TPSA) is 9.23 Å². The third kappa shape index (κ3) is 4.22. The maximum Gasteiger partial charge on any atom is 0.0873 e. The van der Waals surface area contributed by atoms with Crippen LogP contribution in [0.25, 0.3) is 0 Å². The summed E-state index contributed by atoms with van der Waals surface area (Å²) in [5, 5.41) is 0. The Hall–Kier alpha value is -0.110. The van der Waals surface area contributed by atoms with Crippen molar-refractivity contribution in [2.24, 2.45) is 0 Å².